The van der Waals surface area contributed by atoms with E-state index in [0.29, 0.717) is 11.3 Å². The van der Waals surface area contributed by atoms with Crippen molar-refractivity contribution >= 4 is 27.8 Å². The summed E-state index contributed by atoms with van der Waals surface area (Å²) in [5.74, 6) is -0.339. The van der Waals surface area contributed by atoms with Crippen molar-refractivity contribution in [3.8, 4) is 10.4 Å². The van der Waals surface area contributed by atoms with Crippen molar-refractivity contribution in [3.63, 3.8) is 0 Å². The van der Waals surface area contributed by atoms with Gasteiger partial charge < -0.3 is 5.21 Å². The summed E-state index contributed by atoms with van der Waals surface area (Å²) in [4.78, 5) is 18.8. The van der Waals surface area contributed by atoms with Crippen LogP contribution in [0.25, 0.3) is 15.4 Å². The minimum atomic E-state index is -0.339. The zero-order valence-corrected chi connectivity index (χ0v) is 13.9. The molecule has 0 fully saturated rings. The van der Waals surface area contributed by atoms with Gasteiger partial charge in [-0.1, -0.05) is 77.2 Å². The normalized spacial score (nSPS) is 11.8. The summed E-state index contributed by atoms with van der Waals surface area (Å²) in [7, 11) is 0. The van der Waals surface area contributed by atoms with Crippen LogP contribution in [0.4, 0.5) is 0 Å². The first-order valence-electron chi connectivity index (χ1n) is 7.63. The predicted molar refractivity (Wildman–Crippen MR) is 97.6 cm³/mol. The van der Waals surface area contributed by atoms with Gasteiger partial charge in [-0.3, -0.25) is 9.20 Å². The lowest BCUT2D eigenvalue weighted by Crippen LogP contribution is -2.18. The number of hydrogen-bond acceptors (Lipinski definition) is 5. The van der Waals surface area contributed by atoms with Gasteiger partial charge in [0, 0.05) is 18.0 Å². The van der Waals surface area contributed by atoms with Crippen LogP contribution in [-0.4, -0.2) is 26.1 Å². The highest BCUT2D eigenvalue weighted by Crippen LogP contribution is 2.33. The van der Waals surface area contributed by atoms with E-state index in [4.69, 9.17) is 0 Å². The second kappa shape index (κ2) is 6.33. The second-order valence-corrected chi connectivity index (χ2v) is 6.35. The van der Waals surface area contributed by atoms with Crippen LogP contribution in [0.1, 0.15) is 16.1 Å². The molecular formula is C19H13N3O2S. The molecule has 0 amide bonds. The average Bonchev–Trinajstić information content (AvgIpc) is 3.26. The Labute approximate surface area is 147 Å². The van der Waals surface area contributed by atoms with E-state index in [0.717, 1.165) is 15.4 Å². The van der Waals surface area contributed by atoms with E-state index in [2.05, 4.69) is 10.1 Å². The zero-order valence-electron chi connectivity index (χ0n) is 13.0. The molecule has 0 spiro atoms. The van der Waals surface area contributed by atoms with Gasteiger partial charge in [0.2, 0.25) is 5.78 Å². The highest BCUT2D eigenvalue weighted by atomic mass is 32.1. The fourth-order valence-corrected chi connectivity index (χ4v) is 3.81. The highest BCUT2D eigenvalue weighted by molar-refractivity contribution is 7.20. The minimum Gasteiger partial charge on any atom is -0.410 e. The number of ketones is 1. The van der Waals surface area contributed by atoms with Crippen molar-refractivity contribution in [2.75, 3.05) is 0 Å². The highest BCUT2D eigenvalue weighted by Gasteiger charge is 2.25. The Bertz CT molecular complexity index is 1070. The first kappa shape index (κ1) is 15.3. The second-order valence-electron chi connectivity index (χ2n) is 5.37. The zero-order chi connectivity index (χ0) is 17.2. The standard InChI is InChI=1S/C19H13N3O2S/c23-17(13-7-3-1-4-8-13)15(21-24)16-18(14-9-5-2-6-10-14)25-19-20-11-12-22(16)19/h1-12,24H/b21-15+. The fraction of sp³-hybridized carbons (Fsp3) is 0. The predicted octanol–water partition coefficient (Wildman–Crippen LogP) is 4.12. The van der Waals surface area contributed by atoms with Gasteiger partial charge in [-0.15, -0.1) is 0 Å². The molecule has 25 heavy (non-hydrogen) atoms. The third-order valence-electron chi connectivity index (χ3n) is 3.87. The molecule has 0 bridgehead atoms. The Balaban J connectivity index is 1.93. The Morgan fingerprint density at radius 1 is 1.04 bits per heavy atom. The molecule has 0 aliphatic carbocycles. The first-order valence-corrected chi connectivity index (χ1v) is 8.44. The molecule has 4 rings (SSSR count). The van der Waals surface area contributed by atoms with Crippen molar-refractivity contribution in [1.82, 2.24) is 9.38 Å². The smallest absolute Gasteiger partial charge is 0.216 e. The number of fused-ring (bicyclic) bond motifs is 1. The van der Waals surface area contributed by atoms with Crippen LogP contribution in [0.2, 0.25) is 0 Å². The third-order valence-corrected chi connectivity index (χ3v) is 4.99. The summed E-state index contributed by atoms with van der Waals surface area (Å²) < 4.78 is 1.78. The number of oxime groups is 1. The van der Waals surface area contributed by atoms with Gasteiger partial charge in [0.25, 0.3) is 0 Å². The van der Waals surface area contributed by atoms with Gasteiger partial charge in [-0.2, -0.15) is 0 Å². The Kier molecular flexibility index (Phi) is 3.87. The van der Waals surface area contributed by atoms with Gasteiger partial charge in [-0.05, 0) is 5.56 Å². The maximum Gasteiger partial charge on any atom is 0.216 e. The van der Waals surface area contributed by atoms with E-state index in [9.17, 15) is 10.0 Å². The first-order chi connectivity index (χ1) is 12.3. The number of nitrogens with zero attached hydrogens (tertiary/aromatic N) is 3. The molecule has 0 atom stereocenters. The Morgan fingerprint density at radius 3 is 2.40 bits per heavy atom. The number of imidazole rings is 1. The molecule has 0 aliphatic heterocycles. The molecule has 6 heteroatoms. The number of aromatic nitrogens is 2. The molecule has 2 aromatic carbocycles. The van der Waals surface area contributed by atoms with Crippen LogP contribution >= 0.6 is 11.3 Å². The molecule has 2 heterocycles. The minimum absolute atomic E-state index is 0.00527. The van der Waals surface area contributed by atoms with Crippen LogP contribution in [-0.2, 0) is 0 Å². The quantitative estimate of drug-likeness (QED) is 0.261. The lowest BCUT2D eigenvalue weighted by atomic mass is 10.0. The lowest BCUT2D eigenvalue weighted by Gasteiger charge is -2.07. The van der Waals surface area contributed by atoms with Crippen molar-refractivity contribution in [3.05, 3.63) is 84.3 Å². The van der Waals surface area contributed by atoms with Gasteiger partial charge >= 0.3 is 0 Å². The average molecular weight is 347 g/mol. The van der Waals surface area contributed by atoms with E-state index in [1.807, 2.05) is 36.4 Å². The SMILES string of the molecule is O=C(/C(=N/O)c1c(-c2ccccc2)sc2nccn12)c1ccccc1. The van der Waals surface area contributed by atoms with Gasteiger partial charge in [0.1, 0.15) is 0 Å². The van der Waals surface area contributed by atoms with Crippen LogP contribution in [0.3, 0.4) is 0 Å². The van der Waals surface area contributed by atoms with Gasteiger partial charge in [0.15, 0.2) is 10.7 Å². The molecule has 0 saturated heterocycles. The topological polar surface area (TPSA) is 67.0 Å². The number of thiazole rings is 1. The van der Waals surface area contributed by atoms with Crippen molar-refractivity contribution in [2.45, 2.75) is 0 Å². The monoisotopic (exact) mass is 347 g/mol. The largest absolute Gasteiger partial charge is 0.410 e. The van der Waals surface area contributed by atoms with Crippen LogP contribution in [0.15, 0.2) is 78.2 Å². The molecule has 5 nitrogen and oxygen atoms in total. The van der Waals surface area contributed by atoms with E-state index in [1.165, 1.54) is 11.3 Å². The third kappa shape index (κ3) is 2.62. The van der Waals surface area contributed by atoms with E-state index in [-0.39, 0.29) is 11.5 Å². The Morgan fingerprint density at radius 2 is 1.72 bits per heavy atom. The number of carbonyl (C=O) groups is 1. The lowest BCUT2D eigenvalue weighted by molar-refractivity contribution is 0.106. The molecule has 0 radical (unpaired) electrons. The molecule has 0 saturated carbocycles. The van der Waals surface area contributed by atoms with Crippen LogP contribution in [0, 0.1) is 0 Å². The summed E-state index contributed by atoms with van der Waals surface area (Å²) in [5, 5.41) is 13.0. The van der Waals surface area contributed by atoms with E-state index in [1.54, 1.807) is 41.1 Å². The van der Waals surface area contributed by atoms with Crippen LogP contribution < -0.4 is 0 Å². The number of hydrogen-bond donors (Lipinski definition) is 1. The number of benzene rings is 2. The fourth-order valence-electron chi connectivity index (χ4n) is 2.72. The maximum absolute atomic E-state index is 12.9. The van der Waals surface area contributed by atoms with Gasteiger partial charge in [0.05, 0.1) is 10.6 Å². The summed E-state index contributed by atoms with van der Waals surface area (Å²) in [6, 6.07) is 18.5. The van der Waals surface area contributed by atoms with Gasteiger partial charge in [-0.25, -0.2) is 4.98 Å². The number of carbonyl (C=O) groups excluding carboxylic acids is 1. The molecule has 0 unspecified atom stereocenters. The summed E-state index contributed by atoms with van der Waals surface area (Å²) in [5.41, 5.74) is 1.94. The number of rotatable bonds is 4. The molecule has 0 aliphatic rings. The molecular weight excluding hydrogens is 334 g/mol. The molecule has 2 aromatic heterocycles. The van der Waals surface area contributed by atoms with Crippen molar-refractivity contribution < 1.29 is 10.0 Å². The molecule has 122 valence electrons. The summed E-state index contributed by atoms with van der Waals surface area (Å²) >= 11 is 1.45. The van der Waals surface area contributed by atoms with Crippen molar-refractivity contribution in [1.29, 1.82) is 0 Å². The molecule has 4 aromatic rings. The summed E-state index contributed by atoms with van der Waals surface area (Å²) in [6.45, 7) is 0. The number of Topliss-reactive ketones (excluding diaryl/α,β-unsaturated/α-hetero) is 1. The molecule has 1 N–H and O–H groups in total. The maximum atomic E-state index is 12.9. The van der Waals surface area contributed by atoms with E-state index < -0.39 is 0 Å². The van der Waals surface area contributed by atoms with Crippen molar-refractivity contribution in [2.24, 2.45) is 5.16 Å². The van der Waals surface area contributed by atoms with Crippen LogP contribution in [0.5, 0.6) is 0 Å². The summed E-state index contributed by atoms with van der Waals surface area (Å²) in [6.07, 6.45) is 3.42. The Hall–Kier alpha value is -3.25. The van der Waals surface area contributed by atoms with E-state index >= 15 is 0 Å².